The largest absolute Gasteiger partial charge is 0.310 e. The van der Waals surface area contributed by atoms with Crippen LogP contribution in [0.4, 0.5) is 5.95 Å². The van der Waals surface area contributed by atoms with Crippen molar-refractivity contribution >= 4 is 32.9 Å². The van der Waals surface area contributed by atoms with Gasteiger partial charge >= 0.3 is 0 Å². The van der Waals surface area contributed by atoms with Crippen LogP contribution in [0.25, 0.3) is 11.0 Å². The van der Waals surface area contributed by atoms with Crippen molar-refractivity contribution in [3.05, 3.63) is 54.1 Å². The van der Waals surface area contributed by atoms with Crippen molar-refractivity contribution in [1.29, 1.82) is 0 Å². The fourth-order valence-corrected chi connectivity index (χ4v) is 4.81. The summed E-state index contributed by atoms with van der Waals surface area (Å²) in [6, 6.07) is 13.8. The Morgan fingerprint density at radius 3 is 2.48 bits per heavy atom. The Kier molecular flexibility index (Phi) is 6.34. The van der Waals surface area contributed by atoms with Crippen LogP contribution in [0.3, 0.4) is 0 Å². The van der Waals surface area contributed by atoms with Crippen molar-refractivity contribution < 1.29 is 13.2 Å². The van der Waals surface area contributed by atoms with Crippen LogP contribution in [0, 0.1) is 0 Å². The van der Waals surface area contributed by atoms with Crippen molar-refractivity contribution in [2.24, 2.45) is 0 Å². The van der Waals surface area contributed by atoms with E-state index < -0.39 is 15.9 Å². The van der Waals surface area contributed by atoms with Gasteiger partial charge in [0.05, 0.1) is 15.9 Å². The van der Waals surface area contributed by atoms with E-state index in [1.807, 2.05) is 28.8 Å². The number of imidazole rings is 1. The van der Waals surface area contributed by atoms with Crippen molar-refractivity contribution in [3.8, 4) is 0 Å². The van der Waals surface area contributed by atoms with E-state index >= 15 is 0 Å². The molecule has 0 saturated heterocycles. The Balaban J connectivity index is 1.93. The molecule has 0 unspecified atom stereocenters. The molecule has 154 valence electrons. The Hall–Kier alpha value is -2.71. The molecular formula is C21H26N4O3S. The number of carbonyl (C=O) groups is 1. The number of nitrogens with zero attached hydrogens (tertiary/aromatic N) is 3. The fraction of sp³-hybridized carbons (Fsp3) is 0.333. The first-order valence-corrected chi connectivity index (χ1v) is 11.2. The first-order chi connectivity index (χ1) is 13.9. The summed E-state index contributed by atoms with van der Waals surface area (Å²) < 4.78 is 28.9. The molecule has 1 aromatic heterocycles. The second-order valence-corrected chi connectivity index (χ2v) is 8.58. The Morgan fingerprint density at radius 1 is 1.07 bits per heavy atom. The number of fused-ring (bicyclic) bond motifs is 1. The lowest BCUT2D eigenvalue weighted by Gasteiger charge is -2.18. The van der Waals surface area contributed by atoms with Gasteiger partial charge in [0.25, 0.3) is 5.91 Å². The third kappa shape index (κ3) is 4.18. The van der Waals surface area contributed by atoms with Crippen molar-refractivity contribution in [3.63, 3.8) is 0 Å². The second kappa shape index (κ2) is 8.75. The number of para-hydroxylation sites is 2. The number of sulfonamides is 1. The molecular weight excluding hydrogens is 388 g/mol. The van der Waals surface area contributed by atoms with Gasteiger partial charge < -0.3 is 4.57 Å². The summed E-state index contributed by atoms with van der Waals surface area (Å²) in [5, 5.41) is 2.84. The number of hydrogen-bond donors (Lipinski definition) is 1. The lowest BCUT2D eigenvalue weighted by molar-refractivity contribution is 0.102. The van der Waals surface area contributed by atoms with Crippen molar-refractivity contribution in [2.45, 2.75) is 38.6 Å². The molecule has 29 heavy (non-hydrogen) atoms. The molecule has 3 rings (SSSR count). The summed E-state index contributed by atoms with van der Waals surface area (Å²) in [6.07, 6.45) is 0.890. The van der Waals surface area contributed by atoms with Crippen molar-refractivity contribution in [1.82, 2.24) is 13.9 Å². The van der Waals surface area contributed by atoms with Gasteiger partial charge in [0, 0.05) is 25.2 Å². The van der Waals surface area contributed by atoms with E-state index in [1.165, 1.54) is 16.4 Å². The van der Waals surface area contributed by atoms with Gasteiger partial charge in [-0.25, -0.2) is 13.4 Å². The van der Waals surface area contributed by atoms with Gasteiger partial charge in [-0.2, -0.15) is 4.31 Å². The predicted molar refractivity (Wildman–Crippen MR) is 115 cm³/mol. The van der Waals surface area contributed by atoms with E-state index in [0.29, 0.717) is 25.6 Å². The highest BCUT2D eigenvalue weighted by atomic mass is 32.2. The minimum Gasteiger partial charge on any atom is -0.310 e. The van der Waals surface area contributed by atoms with Gasteiger partial charge in [-0.15, -0.1) is 0 Å². The number of nitrogens with one attached hydrogen (secondary N) is 1. The van der Waals surface area contributed by atoms with Crippen LogP contribution < -0.4 is 5.32 Å². The maximum Gasteiger partial charge on any atom is 0.258 e. The molecule has 7 nitrogen and oxygen atoms in total. The molecule has 0 fully saturated rings. The maximum absolute atomic E-state index is 12.9. The smallest absolute Gasteiger partial charge is 0.258 e. The van der Waals surface area contributed by atoms with Crippen LogP contribution >= 0.6 is 0 Å². The average Bonchev–Trinajstić information content (AvgIpc) is 3.06. The van der Waals surface area contributed by atoms with Crippen LogP contribution in [0.2, 0.25) is 0 Å². The number of benzene rings is 2. The molecule has 0 saturated carbocycles. The van der Waals surface area contributed by atoms with Crippen LogP contribution in [0.1, 0.15) is 37.6 Å². The topological polar surface area (TPSA) is 84.3 Å². The first-order valence-electron chi connectivity index (χ1n) is 9.79. The predicted octanol–water partition coefficient (Wildman–Crippen LogP) is 3.73. The number of aryl methyl sites for hydroxylation is 1. The average molecular weight is 415 g/mol. The van der Waals surface area contributed by atoms with E-state index in [1.54, 1.807) is 26.0 Å². The summed E-state index contributed by atoms with van der Waals surface area (Å²) in [5.74, 6) is 0.0595. The first kappa shape index (κ1) is 21.0. The molecule has 0 radical (unpaired) electrons. The molecule has 0 atom stereocenters. The summed E-state index contributed by atoms with van der Waals surface area (Å²) in [6.45, 7) is 7.09. The van der Waals surface area contributed by atoms with Crippen LogP contribution in [-0.4, -0.2) is 41.3 Å². The van der Waals surface area contributed by atoms with E-state index in [0.717, 1.165) is 17.5 Å². The summed E-state index contributed by atoms with van der Waals surface area (Å²) >= 11 is 0. The summed E-state index contributed by atoms with van der Waals surface area (Å²) in [5.41, 5.74) is 2.02. The third-order valence-corrected chi connectivity index (χ3v) is 6.81. The number of anilines is 1. The van der Waals surface area contributed by atoms with Gasteiger partial charge in [-0.1, -0.05) is 39.0 Å². The molecule has 0 aliphatic rings. The van der Waals surface area contributed by atoms with Gasteiger partial charge in [-0.3, -0.25) is 10.1 Å². The molecule has 1 N–H and O–H groups in total. The minimum absolute atomic E-state index is 0.107. The van der Waals surface area contributed by atoms with Crippen LogP contribution in [0.15, 0.2) is 53.4 Å². The van der Waals surface area contributed by atoms with E-state index in [2.05, 4.69) is 17.2 Å². The maximum atomic E-state index is 12.9. The lowest BCUT2D eigenvalue weighted by Crippen LogP contribution is -2.30. The Morgan fingerprint density at radius 2 is 1.79 bits per heavy atom. The van der Waals surface area contributed by atoms with Crippen molar-refractivity contribution in [2.75, 3.05) is 18.4 Å². The minimum atomic E-state index is -3.63. The fourth-order valence-electron chi connectivity index (χ4n) is 3.30. The highest BCUT2D eigenvalue weighted by Gasteiger charge is 2.23. The molecule has 0 bridgehead atoms. The highest BCUT2D eigenvalue weighted by Crippen LogP contribution is 2.22. The number of hydrogen-bond acceptors (Lipinski definition) is 4. The van der Waals surface area contributed by atoms with Gasteiger partial charge in [0.2, 0.25) is 16.0 Å². The van der Waals surface area contributed by atoms with E-state index in [4.69, 9.17) is 0 Å². The zero-order valence-electron chi connectivity index (χ0n) is 16.9. The monoisotopic (exact) mass is 414 g/mol. The summed E-state index contributed by atoms with van der Waals surface area (Å²) in [4.78, 5) is 17.5. The highest BCUT2D eigenvalue weighted by molar-refractivity contribution is 7.89. The zero-order valence-corrected chi connectivity index (χ0v) is 17.7. The SMILES string of the molecule is CCCn1c(NC(=O)c2cccc(S(=O)(=O)N(CC)CC)c2)nc2ccccc21. The number of rotatable bonds is 8. The van der Waals surface area contributed by atoms with E-state index in [-0.39, 0.29) is 10.5 Å². The second-order valence-electron chi connectivity index (χ2n) is 6.65. The number of carbonyl (C=O) groups excluding carboxylic acids is 1. The molecule has 0 spiro atoms. The molecule has 1 heterocycles. The molecule has 0 aliphatic carbocycles. The normalized spacial score (nSPS) is 11.9. The lowest BCUT2D eigenvalue weighted by atomic mass is 10.2. The zero-order chi connectivity index (χ0) is 21.0. The third-order valence-electron chi connectivity index (χ3n) is 4.77. The molecule has 3 aromatic rings. The van der Waals surface area contributed by atoms with Crippen LogP contribution in [0.5, 0.6) is 0 Å². The Labute approximate surface area is 171 Å². The van der Waals surface area contributed by atoms with Gasteiger partial charge in [0.15, 0.2) is 0 Å². The molecule has 0 aliphatic heterocycles. The number of aromatic nitrogens is 2. The number of amides is 1. The molecule has 1 amide bonds. The van der Waals surface area contributed by atoms with E-state index in [9.17, 15) is 13.2 Å². The quantitative estimate of drug-likeness (QED) is 0.609. The van der Waals surface area contributed by atoms with Gasteiger partial charge in [-0.05, 0) is 36.8 Å². The molecule has 8 heteroatoms. The Bertz CT molecular complexity index is 1120. The summed E-state index contributed by atoms with van der Waals surface area (Å²) in [7, 11) is -3.63. The van der Waals surface area contributed by atoms with Gasteiger partial charge in [0.1, 0.15) is 0 Å². The molecule has 2 aromatic carbocycles. The standard InChI is InChI=1S/C21H26N4O3S/c1-4-14-25-19-13-8-7-12-18(19)22-21(25)23-20(26)16-10-9-11-17(15-16)29(27,28)24(5-2)6-3/h7-13,15H,4-6,14H2,1-3H3,(H,22,23,26). The van der Waals surface area contributed by atoms with Crippen LogP contribution in [-0.2, 0) is 16.6 Å².